The summed E-state index contributed by atoms with van der Waals surface area (Å²) in [4.78, 5) is 26.0. The van der Waals surface area contributed by atoms with E-state index in [0.717, 1.165) is 25.1 Å². The van der Waals surface area contributed by atoms with Crippen LogP contribution in [0.15, 0.2) is 48.5 Å². The third-order valence-corrected chi connectivity index (χ3v) is 4.09. The van der Waals surface area contributed by atoms with Gasteiger partial charge in [0.05, 0.1) is 0 Å². The highest BCUT2D eigenvalue weighted by Gasteiger charge is 2.23. The van der Waals surface area contributed by atoms with Gasteiger partial charge in [0.2, 0.25) is 5.91 Å². The predicted molar refractivity (Wildman–Crippen MR) is 91.8 cm³/mol. The highest BCUT2D eigenvalue weighted by molar-refractivity contribution is 6.07. The van der Waals surface area contributed by atoms with E-state index in [0.29, 0.717) is 17.7 Å². The van der Waals surface area contributed by atoms with Crippen molar-refractivity contribution in [1.82, 2.24) is 0 Å². The molecule has 4 nitrogen and oxygen atoms in total. The molecule has 1 N–H and O–H groups in total. The fraction of sp³-hybridized carbons (Fsp3) is 0.263. The fourth-order valence-electron chi connectivity index (χ4n) is 2.85. The Bertz CT molecular complexity index is 722. The zero-order valence-electron chi connectivity index (χ0n) is 13.2. The van der Waals surface area contributed by atoms with Gasteiger partial charge in [0, 0.05) is 29.9 Å². The second-order valence-electron chi connectivity index (χ2n) is 5.67. The summed E-state index contributed by atoms with van der Waals surface area (Å²) in [5.41, 5.74) is 3.58. The van der Waals surface area contributed by atoms with Crippen LogP contribution >= 0.6 is 0 Å². The van der Waals surface area contributed by atoms with Gasteiger partial charge in [-0.25, -0.2) is 0 Å². The number of hydrogen-bond donors (Lipinski definition) is 1. The summed E-state index contributed by atoms with van der Waals surface area (Å²) in [6.07, 6.45) is 2.43. The SMILES string of the molecule is CCC(=O)Nc1ccc(C(=O)N2CCCc3ccccc32)cc1. The maximum Gasteiger partial charge on any atom is 0.258 e. The number of carbonyl (C=O) groups is 2. The Morgan fingerprint density at radius 2 is 1.83 bits per heavy atom. The molecular formula is C19H20N2O2. The second-order valence-corrected chi connectivity index (χ2v) is 5.67. The molecule has 0 aliphatic carbocycles. The lowest BCUT2D eigenvalue weighted by Crippen LogP contribution is -2.35. The van der Waals surface area contributed by atoms with Crippen LogP contribution in [0.5, 0.6) is 0 Å². The summed E-state index contributed by atoms with van der Waals surface area (Å²) in [6, 6.07) is 15.1. The molecule has 0 radical (unpaired) electrons. The average Bonchev–Trinajstić information content (AvgIpc) is 2.61. The Balaban J connectivity index is 1.80. The summed E-state index contributed by atoms with van der Waals surface area (Å²) < 4.78 is 0. The minimum absolute atomic E-state index is 0.00511. The Morgan fingerprint density at radius 1 is 1.09 bits per heavy atom. The lowest BCUT2D eigenvalue weighted by molar-refractivity contribution is -0.115. The van der Waals surface area contributed by atoms with E-state index >= 15 is 0 Å². The Hall–Kier alpha value is -2.62. The van der Waals surface area contributed by atoms with Crippen molar-refractivity contribution in [1.29, 1.82) is 0 Å². The van der Waals surface area contributed by atoms with Gasteiger partial charge in [0.25, 0.3) is 5.91 Å². The highest BCUT2D eigenvalue weighted by atomic mass is 16.2. The van der Waals surface area contributed by atoms with Crippen molar-refractivity contribution in [3.05, 3.63) is 59.7 Å². The summed E-state index contributed by atoms with van der Waals surface area (Å²) in [6.45, 7) is 2.55. The van der Waals surface area contributed by atoms with E-state index in [2.05, 4.69) is 11.4 Å². The maximum absolute atomic E-state index is 12.8. The first-order chi connectivity index (χ1) is 11.2. The van der Waals surface area contributed by atoms with Gasteiger partial charge in [-0.1, -0.05) is 25.1 Å². The highest BCUT2D eigenvalue weighted by Crippen LogP contribution is 2.28. The normalized spacial score (nSPS) is 13.3. The maximum atomic E-state index is 12.8. The lowest BCUT2D eigenvalue weighted by atomic mass is 10.0. The first-order valence-corrected chi connectivity index (χ1v) is 7.98. The molecule has 118 valence electrons. The molecule has 2 aromatic rings. The number of amides is 2. The van der Waals surface area contributed by atoms with Crippen molar-refractivity contribution >= 4 is 23.2 Å². The number of para-hydroxylation sites is 1. The van der Waals surface area contributed by atoms with E-state index in [4.69, 9.17) is 0 Å². The third-order valence-electron chi connectivity index (χ3n) is 4.09. The number of carbonyl (C=O) groups excluding carboxylic acids is 2. The average molecular weight is 308 g/mol. The van der Waals surface area contributed by atoms with Crippen LogP contribution in [0.3, 0.4) is 0 Å². The van der Waals surface area contributed by atoms with Gasteiger partial charge in [-0.15, -0.1) is 0 Å². The zero-order chi connectivity index (χ0) is 16.2. The molecule has 2 aromatic carbocycles. The molecule has 1 heterocycles. The van der Waals surface area contributed by atoms with Gasteiger partial charge in [0.15, 0.2) is 0 Å². The van der Waals surface area contributed by atoms with Gasteiger partial charge in [-0.05, 0) is 48.7 Å². The summed E-state index contributed by atoms with van der Waals surface area (Å²) in [5, 5.41) is 2.79. The van der Waals surface area contributed by atoms with Crippen molar-refractivity contribution in [2.75, 3.05) is 16.8 Å². The van der Waals surface area contributed by atoms with Crippen molar-refractivity contribution in [3.8, 4) is 0 Å². The van der Waals surface area contributed by atoms with E-state index in [9.17, 15) is 9.59 Å². The fourth-order valence-corrected chi connectivity index (χ4v) is 2.85. The van der Waals surface area contributed by atoms with Crippen molar-refractivity contribution < 1.29 is 9.59 Å². The van der Waals surface area contributed by atoms with Crippen LogP contribution in [0.2, 0.25) is 0 Å². The Morgan fingerprint density at radius 3 is 2.57 bits per heavy atom. The molecule has 23 heavy (non-hydrogen) atoms. The largest absolute Gasteiger partial charge is 0.326 e. The quantitative estimate of drug-likeness (QED) is 0.941. The zero-order valence-corrected chi connectivity index (χ0v) is 13.2. The number of nitrogens with zero attached hydrogens (tertiary/aromatic N) is 1. The van der Waals surface area contributed by atoms with Crippen molar-refractivity contribution in [2.45, 2.75) is 26.2 Å². The monoisotopic (exact) mass is 308 g/mol. The van der Waals surface area contributed by atoms with E-state index in [-0.39, 0.29) is 11.8 Å². The molecule has 1 aliphatic heterocycles. The van der Waals surface area contributed by atoms with Crippen LogP contribution in [0, 0.1) is 0 Å². The van der Waals surface area contributed by atoms with Gasteiger partial charge in [-0.2, -0.15) is 0 Å². The van der Waals surface area contributed by atoms with Gasteiger partial charge >= 0.3 is 0 Å². The number of anilines is 2. The second kappa shape index (κ2) is 6.65. The van der Waals surface area contributed by atoms with E-state index < -0.39 is 0 Å². The van der Waals surface area contributed by atoms with Crippen molar-refractivity contribution in [3.63, 3.8) is 0 Å². The Kier molecular flexibility index (Phi) is 4.42. The topological polar surface area (TPSA) is 49.4 Å². The van der Waals surface area contributed by atoms with Gasteiger partial charge < -0.3 is 10.2 Å². The number of aryl methyl sites for hydroxylation is 1. The molecule has 1 aliphatic rings. The van der Waals surface area contributed by atoms with Crippen LogP contribution in [0.25, 0.3) is 0 Å². The number of benzene rings is 2. The molecule has 0 saturated heterocycles. The summed E-state index contributed by atoms with van der Waals surface area (Å²) in [7, 11) is 0. The number of rotatable bonds is 3. The van der Waals surface area contributed by atoms with Gasteiger partial charge in [-0.3, -0.25) is 9.59 Å². The molecule has 2 amide bonds. The van der Waals surface area contributed by atoms with Crippen LogP contribution < -0.4 is 10.2 Å². The number of nitrogens with one attached hydrogen (secondary N) is 1. The first kappa shape index (κ1) is 15.3. The molecule has 0 atom stereocenters. The van der Waals surface area contributed by atoms with Crippen LogP contribution in [-0.2, 0) is 11.2 Å². The van der Waals surface area contributed by atoms with Crippen LogP contribution in [0.1, 0.15) is 35.7 Å². The smallest absolute Gasteiger partial charge is 0.258 e. The number of hydrogen-bond acceptors (Lipinski definition) is 2. The van der Waals surface area contributed by atoms with E-state index in [1.165, 1.54) is 5.56 Å². The van der Waals surface area contributed by atoms with Gasteiger partial charge in [0.1, 0.15) is 0 Å². The van der Waals surface area contributed by atoms with E-state index in [1.54, 1.807) is 31.2 Å². The van der Waals surface area contributed by atoms with Crippen LogP contribution in [-0.4, -0.2) is 18.4 Å². The minimum Gasteiger partial charge on any atom is -0.326 e. The minimum atomic E-state index is -0.0333. The molecule has 0 fully saturated rings. The van der Waals surface area contributed by atoms with Crippen LogP contribution in [0.4, 0.5) is 11.4 Å². The third kappa shape index (κ3) is 3.26. The lowest BCUT2D eigenvalue weighted by Gasteiger charge is -2.29. The molecule has 0 spiro atoms. The first-order valence-electron chi connectivity index (χ1n) is 7.98. The molecule has 0 unspecified atom stereocenters. The number of fused-ring (bicyclic) bond motifs is 1. The van der Waals surface area contributed by atoms with E-state index in [1.807, 2.05) is 23.1 Å². The predicted octanol–water partition coefficient (Wildman–Crippen LogP) is 3.63. The molecule has 0 aromatic heterocycles. The molecule has 0 bridgehead atoms. The Labute approximate surface area is 136 Å². The van der Waals surface area contributed by atoms with Crippen molar-refractivity contribution in [2.24, 2.45) is 0 Å². The molecular weight excluding hydrogens is 288 g/mol. The summed E-state index contributed by atoms with van der Waals surface area (Å²) in [5.74, 6) is -0.0282. The molecule has 4 heteroatoms. The molecule has 3 rings (SSSR count). The summed E-state index contributed by atoms with van der Waals surface area (Å²) >= 11 is 0. The standard InChI is InChI=1S/C19H20N2O2/c1-2-18(22)20-16-11-9-15(10-12-16)19(23)21-13-5-7-14-6-3-4-8-17(14)21/h3-4,6,8-12H,2,5,7,13H2,1H3,(H,20,22). The molecule has 0 saturated carbocycles.